The molecule has 0 unspecified atom stereocenters. The fraction of sp³-hybridized carbons (Fsp3) is 0.167. The summed E-state index contributed by atoms with van der Waals surface area (Å²) >= 11 is 3.37. The van der Waals surface area contributed by atoms with Crippen molar-refractivity contribution in [3.8, 4) is 11.4 Å². The summed E-state index contributed by atoms with van der Waals surface area (Å²) in [4.78, 5) is 30.6. The molecule has 4 aromatic rings. The molecule has 0 spiro atoms. The van der Waals surface area contributed by atoms with Crippen molar-refractivity contribution in [2.45, 2.75) is 26.8 Å². The minimum Gasteiger partial charge on any atom is -0.326 e. The lowest BCUT2D eigenvalue weighted by molar-refractivity contribution is -0.115. The van der Waals surface area contributed by atoms with Gasteiger partial charge in [-0.15, -0.1) is 11.7 Å². The maximum Gasteiger partial charge on any atom is 0.279 e. The van der Waals surface area contributed by atoms with Gasteiger partial charge >= 0.3 is 0 Å². The number of aryl methyl sites for hydroxylation is 1. The van der Waals surface area contributed by atoms with Crippen molar-refractivity contribution in [3.05, 3.63) is 92.8 Å². The number of hydrogen-bond acceptors (Lipinski definition) is 4. The number of carbonyl (C=O) groups is 1. The second-order valence-corrected chi connectivity index (χ2v) is 8.43. The first kappa shape index (κ1) is 21.7. The van der Waals surface area contributed by atoms with E-state index >= 15 is 0 Å². The number of fused-ring (bicyclic) bond motifs is 1. The molecule has 2 aromatic heterocycles. The third-order valence-corrected chi connectivity index (χ3v) is 5.74. The molecule has 7 nitrogen and oxygen atoms in total. The Hall–Kier alpha value is -3.52. The highest BCUT2D eigenvalue weighted by atomic mass is 79.9. The molecule has 162 valence electrons. The molecule has 0 aliphatic rings. The zero-order chi connectivity index (χ0) is 22.8. The van der Waals surface area contributed by atoms with E-state index in [2.05, 4.69) is 37.9 Å². The summed E-state index contributed by atoms with van der Waals surface area (Å²) in [5.41, 5.74) is 3.28. The molecule has 0 radical (unpaired) electrons. The number of nitrogens with zero attached hydrogens (tertiary/aromatic N) is 4. The first-order valence-electron chi connectivity index (χ1n) is 10.1. The Morgan fingerprint density at radius 1 is 1.12 bits per heavy atom. The highest BCUT2D eigenvalue weighted by Crippen LogP contribution is 2.19. The third kappa shape index (κ3) is 4.27. The van der Waals surface area contributed by atoms with E-state index in [9.17, 15) is 9.59 Å². The van der Waals surface area contributed by atoms with Crippen LogP contribution in [-0.2, 0) is 17.8 Å². The minimum atomic E-state index is -0.352. The third-order valence-electron chi connectivity index (χ3n) is 5.21. The number of halogens is 1. The summed E-state index contributed by atoms with van der Waals surface area (Å²) < 4.78 is 4.04. The van der Waals surface area contributed by atoms with Gasteiger partial charge in [0, 0.05) is 33.5 Å². The molecule has 2 heterocycles. The van der Waals surface area contributed by atoms with E-state index in [0.29, 0.717) is 35.1 Å². The SMILES string of the molecule is C=CCn1c(C)c(CC(=O)Nc2ccc(Br)cc2)c(=O)n2nc(-c3ccc(C)cc3)nc12. The van der Waals surface area contributed by atoms with Crippen LogP contribution in [0.3, 0.4) is 0 Å². The van der Waals surface area contributed by atoms with Crippen molar-refractivity contribution < 1.29 is 4.79 Å². The van der Waals surface area contributed by atoms with Crippen LogP contribution < -0.4 is 10.9 Å². The highest BCUT2D eigenvalue weighted by molar-refractivity contribution is 9.10. The molecule has 0 bridgehead atoms. The Morgan fingerprint density at radius 3 is 2.47 bits per heavy atom. The molecule has 0 saturated heterocycles. The van der Waals surface area contributed by atoms with E-state index in [1.54, 1.807) is 18.2 Å². The number of benzene rings is 2. The lowest BCUT2D eigenvalue weighted by Crippen LogP contribution is -2.29. The maximum absolute atomic E-state index is 13.3. The Labute approximate surface area is 193 Å². The van der Waals surface area contributed by atoms with Gasteiger partial charge in [0.2, 0.25) is 11.7 Å². The van der Waals surface area contributed by atoms with E-state index in [0.717, 1.165) is 15.6 Å². The topological polar surface area (TPSA) is 81.3 Å². The van der Waals surface area contributed by atoms with E-state index in [1.165, 1.54) is 4.52 Å². The van der Waals surface area contributed by atoms with Gasteiger partial charge < -0.3 is 9.88 Å². The molecule has 1 N–H and O–H groups in total. The first-order chi connectivity index (χ1) is 15.4. The smallest absolute Gasteiger partial charge is 0.279 e. The molecule has 0 aliphatic heterocycles. The van der Waals surface area contributed by atoms with Gasteiger partial charge in [-0.3, -0.25) is 9.59 Å². The summed E-state index contributed by atoms with van der Waals surface area (Å²) in [5.74, 6) is 0.590. The van der Waals surface area contributed by atoms with E-state index in [1.807, 2.05) is 54.8 Å². The molecule has 4 rings (SSSR count). The number of rotatable bonds is 6. The van der Waals surface area contributed by atoms with Crippen LogP contribution in [0.2, 0.25) is 0 Å². The Morgan fingerprint density at radius 2 is 1.81 bits per heavy atom. The number of anilines is 1. The quantitative estimate of drug-likeness (QED) is 0.407. The summed E-state index contributed by atoms with van der Waals surface area (Å²) in [6.07, 6.45) is 1.65. The molecule has 0 saturated carbocycles. The van der Waals surface area contributed by atoms with Gasteiger partial charge in [-0.1, -0.05) is 51.8 Å². The predicted molar refractivity (Wildman–Crippen MR) is 129 cm³/mol. The molecular weight excluding hydrogens is 470 g/mol. The van der Waals surface area contributed by atoms with Crippen molar-refractivity contribution in [1.82, 2.24) is 19.2 Å². The van der Waals surface area contributed by atoms with Crippen LogP contribution in [0, 0.1) is 13.8 Å². The summed E-state index contributed by atoms with van der Waals surface area (Å²) in [6, 6.07) is 15.1. The zero-order valence-corrected chi connectivity index (χ0v) is 19.4. The highest BCUT2D eigenvalue weighted by Gasteiger charge is 2.20. The van der Waals surface area contributed by atoms with Gasteiger partial charge in [0.05, 0.1) is 6.42 Å². The molecule has 1 amide bonds. The number of aromatic nitrogens is 4. The lowest BCUT2D eigenvalue weighted by Gasteiger charge is -2.14. The fourth-order valence-electron chi connectivity index (χ4n) is 3.49. The number of hydrogen-bond donors (Lipinski definition) is 1. The van der Waals surface area contributed by atoms with Gasteiger partial charge in [-0.25, -0.2) is 0 Å². The van der Waals surface area contributed by atoms with E-state index in [-0.39, 0.29) is 17.9 Å². The van der Waals surface area contributed by atoms with Gasteiger partial charge in [-0.05, 0) is 38.1 Å². The van der Waals surface area contributed by atoms with Gasteiger partial charge in [0.25, 0.3) is 5.56 Å². The molecule has 0 atom stereocenters. The van der Waals surface area contributed by atoms with Crippen molar-refractivity contribution in [2.75, 3.05) is 5.32 Å². The largest absolute Gasteiger partial charge is 0.326 e. The first-order valence-corrected chi connectivity index (χ1v) is 10.9. The zero-order valence-electron chi connectivity index (χ0n) is 17.8. The monoisotopic (exact) mass is 491 g/mol. The summed E-state index contributed by atoms with van der Waals surface area (Å²) in [5, 5.41) is 7.29. The van der Waals surface area contributed by atoms with Crippen LogP contribution in [0.5, 0.6) is 0 Å². The second-order valence-electron chi connectivity index (χ2n) is 7.51. The summed E-state index contributed by atoms with van der Waals surface area (Å²) in [6.45, 7) is 8.06. The van der Waals surface area contributed by atoms with Gasteiger partial charge in [-0.2, -0.15) is 9.50 Å². The molecule has 2 aromatic carbocycles. The standard InChI is InChI=1S/C24H22BrN5O2/c1-4-13-29-16(3)20(14-21(31)26-19-11-9-18(25)10-12-19)23(32)30-24(29)27-22(28-30)17-7-5-15(2)6-8-17/h4-12H,1,13-14H2,2-3H3,(H,26,31). The number of amides is 1. The Balaban J connectivity index is 1.76. The molecular formula is C24H22BrN5O2. The average molecular weight is 492 g/mol. The van der Waals surface area contributed by atoms with E-state index in [4.69, 9.17) is 0 Å². The molecule has 0 fully saturated rings. The number of allylic oxidation sites excluding steroid dienone is 1. The Kier molecular flexibility index (Phi) is 6.05. The number of nitrogens with one attached hydrogen (secondary N) is 1. The summed E-state index contributed by atoms with van der Waals surface area (Å²) in [7, 11) is 0. The van der Waals surface area contributed by atoms with Crippen LogP contribution in [0.4, 0.5) is 5.69 Å². The molecule has 32 heavy (non-hydrogen) atoms. The maximum atomic E-state index is 13.3. The van der Waals surface area contributed by atoms with Crippen molar-refractivity contribution >= 4 is 33.3 Å². The Bertz CT molecular complexity index is 1370. The van der Waals surface area contributed by atoms with E-state index < -0.39 is 0 Å². The van der Waals surface area contributed by atoms with Crippen LogP contribution in [0.15, 0.2) is 70.5 Å². The average Bonchev–Trinajstić information content (AvgIpc) is 3.22. The lowest BCUT2D eigenvalue weighted by atomic mass is 10.1. The van der Waals surface area contributed by atoms with Gasteiger partial charge in [0.1, 0.15) is 0 Å². The van der Waals surface area contributed by atoms with Crippen molar-refractivity contribution in [1.29, 1.82) is 0 Å². The van der Waals surface area contributed by atoms with Crippen LogP contribution in [0.25, 0.3) is 17.2 Å². The normalized spacial score (nSPS) is 11.0. The van der Waals surface area contributed by atoms with Crippen molar-refractivity contribution in [3.63, 3.8) is 0 Å². The van der Waals surface area contributed by atoms with Crippen molar-refractivity contribution in [2.24, 2.45) is 0 Å². The molecule has 0 aliphatic carbocycles. The van der Waals surface area contributed by atoms with Gasteiger partial charge in [0.15, 0.2) is 5.82 Å². The van der Waals surface area contributed by atoms with Crippen LogP contribution >= 0.6 is 15.9 Å². The predicted octanol–water partition coefficient (Wildman–Crippen LogP) is 4.30. The second kappa shape index (κ2) is 8.92. The van der Waals surface area contributed by atoms with Crippen LogP contribution in [0.1, 0.15) is 16.8 Å². The molecule has 8 heteroatoms. The number of carbonyl (C=O) groups excluding carboxylic acids is 1. The minimum absolute atomic E-state index is 0.0759. The van der Waals surface area contributed by atoms with Crippen LogP contribution in [-0.4, -0.2) is 25.1 Å². The fourth-order valence-corrected chi connectivity index (χ4v) is 3.75.